The van der Waals surface area contributed by atoms with E-state index in [1.54, 1.807) is 30.5 Å². The number of ether oxygens (including phenoxy) is 1. The highest BCUT2D eigenvalue weighted by molar-refractivity contribution is 6.30. The van der Waals surface area contributed by atoms with Gasteiger partial charge in [-0.2, -0.15) is 0 Å². The summed E-state index contributed by atoms with van der Waals surface area (Å²) in [6, 6.07) is 10.4. The number of anilines is 1. The van der Waals surface area contributed by atoms with Gasteiger partial charge in [0.1, 0.15) is 12.4 Å². The third kappa shape index (κ3) is 3.71. The maximum atomic E-state index is 11.9. The van der Waals surface area contributed by atoms with Crippen LogP contribution in [0.1, 0.15) is 15.9 Å². The molecule has 0 aliphatic heterocycles. The molecule has 1 aromatic heterocycles. The van der Waals surface area contributed by atoms with Gasteiger partial charge in [-0.15, -0.1) is 0 Å². The van der Waals surface area contributed by atoms with Crippen molar-refractivity contribution in [2.45, 2.75) is 6.61 Å². The molecule has 2 aromatic rings. The first-order chi connectivity index (χ1) is 9.56. The van der Waals surface area contributed by atoms with Crippen LogP contribution in [0.5, 0.6) is 0 Å². The predicted octanol–water partition coefficient (Wildman–Crippen LogP) is 3.16. The van der Waals surface area contributed by atoms with Crippen molar-refractivity contribution in [3.8, 4) is 0 Å². The van der Waals surface area contributed by atoms with E-state index in [0.717, 1.165) is 11.4 Å². The van der Waals surface area contributed by atoms with Gasteiger partial charge >= 0.3 is 5.97 Å². The quantitative estimate of drug-likeness (QED) is 0.811. The Labute approximate surface area is 123 Å². The Morgan fingerprint density at radius 3 is 2.80 bits per heavy atom. The topological polar surface area (TPSA) is 42.4 Å². The van der Waals surface area contributed by atoms with E-state index in [2.05, 4.69) is 4.98 Å². The Bertz CT molecular complexity index is 614. The third-order valence-corrected chi connectivity index (χ3v) is 2.93. The number of hydrogen-bond acceptors (Lipinski definition) is 4. The molecule has 0 bridgehead atoms. The van der Waals surface area contributed by atoms with Gasteiger partial charge in [-0.3, -0.25) is 0 Å². The molecule has 0 unspecified atom stereocenters. The Hall–Kier alpha value is -2.07. The molecule has 0 spiro atoms. The molecule has 104 valence electrons. The van der Waals surface area contributed by atoms with Gasteiger partial charge in [-0.25, -0.2) is 9.78 Å². The van der Waals surface area contributed by atoms with Crippen molar-refractivity contribution in [1.29, 1.82) is 0 Å². The van der Waals surface area contributed by atoms with Crippen LogP contribution < -0.4 is 4.90 Å². The van der Waals surface area contributed by atoms with E-state index in [1.165, 1.54) is 0 Å². The van der Waals surface area contributed by atoms with Gasteiger partial charge < -0.3 is 9.64 Å². The van der Waals surface area contributed by atoms with Gasteiger partial charge in [0, 0.05) is 25.3 Å². The summed E-state index contributed by atoms with van der Waals surface area (Å²) in [5, 5.41) is 0.512. The average molecular weight is 291 g/mol. The van der Waals surface area contributed by atoms with E-state index < -0.39 is 5.97 Å². The Kier molecular flexibility index (Phi) is 4.58. The van der Waals surface area contributed by atoms with Gasteiger partial charge in [-0.1, -0.05) is 17.7 Å². The van der Waals surface area contributed by atoms with E-state index in [4.69, 9.17) is 16.3 Å². The molecule has 0 aliphatic rings. The second-order valence-electron chi connectivity index (χ2n) is 4.50. The lowest BCUT2D eigenvalue weighted by atomic mass is 10.2. The number of aromatic nitrogens is 1. The summed E-state index contributed by atoms with van der Waals surface area (Å²) in [4.78, 5) is 18.0. The summed E-state index contributed by atoms with van der Waals surface area (Å²) < 4.78 is 5.26. The van der Waals surface area contributed by atoms with Crippen molar-refractivity contribution in [3.05, 3.63) is 58.7 Å². The van der Waals surface area contributed by atoms with Crippen LogP contribution in [0.25, 0.3) is 0 Å². The second-order valence-corrected chi connectivity index (χ2v) is 4.94. The van der Waals surface area contributed by atoms with Gasteiger partial charge in [0.05, 0.1) is 5.56 Å². The van der Waals surface area contributed by atoms with Crippen molar-refractivity contribution in [2.24, 2.45) is 0 Å². The van der Waals surface area contributed by atoms with Crippen molar-refractivity contribution in [2.75, 3.05) is 19.0 Å². The molecule has 0 saturated carbocycles. The number of halogens is 1. The lowest BCUT2D eigenvalue weighted by molar-refractivity contribution is 0.0472. The third-order valence-electron chi connectivity index (χ3n) is 2.70. The average Bonchev–Trinajstić information content (AvgIpc) is 2.45. The van der Waals surface area contributed by atoms with Crippen molar-refractivity contribution in [3.63, 3.8) is 0 Å². The molecule has 20 heavy (non-hydrogen) atoms. The summed E-state index contributed by atoms with van der Waals surface area (Å²) in [6.45, 7) is 0.203. The van der Waals surface area contributed by atoms with Crippen LogP contribution in [0.3, 0.4) is 0 Å². The van der Waals surface area contributed by atoms with Gasteiger partial charge in [0.25, 0.3) is 0 Å². The summed E-state index contributed by atoms with van der Waals surface area (Å²) in [5.41, 5.74) is 1.33. The van der Waals surface area contributed by atoms with Crippen LogP contribution in [0.2, 0.25) is 5.02 Å². The number of rotatable bonds is 4. The fourth-order valence-corrected chi connectivity index (χ4v) is 1.83. The highest BCUT2D eigenvalue weighted by Crippen LogP contribution is 2.14. The smallest absolute Gasteiger partial charge is 0.338 e. The van der Waals surface area contributed by atoms with Gasteiger partial charge in [-0.05, 0) is 35.9 Å². The summed E-state index contributed by atoms with van der Waals surface area (Å²) in [5.74, 6) is 0.428. The number of hydrogen-bond donors (Lipinski definition) is 0. The second kappa shape index (κ2) is 6.39. The fourth-order valence-electron chi connectivity index (χ4n) is 1.64. The summed E-state index contributed by atoms with van der Waals surface area (Å²) in [7, 11) is 3.81. The number of esters is 1. The SMILES string of the molecule is CN(C)c1cc(COC(=O)c2cccc(Cl)c2)ccn1. The standard InChI is InChI=1S/C15H15ClN2O2/c1-18(2)14-8-11(6-7-17-14)10-20-15(19)12-4-3-5-13(16)9-12/h3-9H,10H2,1-2H3. The number of benzene rings is 1. The minimum Gasteiger partial charge on any atom is -0.457 e. The maximum absolute atomic E-state index is 11.9. The van der Waals surface area contributed by atoms with Crippen molar-refractivity contribution in [1.82, 2.24) is 4.98 Å². The molecule has 0 atom stereocenters. The number of pyridine rings is 1. The molecule has 2 rings (SSSR count). The monoisotopic (exact) mass is 290 g/mol. The Balaban J connectivity index is 2.02. The fraction of sp³-hybridized carbons (Fsp3) is 0.200. The predicted molar refractivity (Wildman–Crippen MR) is 79.1 cm³/mol. The van der Waals surface area contributed by atoms with Crippen LogP contribution >= 0.6 is 11.6 Å². The van der Waals surface area contributed by atoms with E-state index in [1.807, 2.05) is 31.1 Å². The molecule has 1 aromatic carbocycles. The van der Waals surface area contributed by atoms with Crippen molar-refractivity contribution < 1.29 is 9.53 Å². The number of nitrogens with zero attached hydrogens (tertiary/aromatic N) is 2. The van der Waals surface area contributed by atoms with E-state index in [-0.39, 0.29) is 6.61 Å². The van der Waals surface area contributed by atoms with Crippen LogP contribution in [-0.4, -0.2) is 25.0 Å². The Morgan fingerprint density at radius 2 is 2.10 bits per heavy atom. The van der Waals surface area contributed by atoms with E-state index >= 15 is 0 Å². The number of carbonyl (C=O) groups is 1. The van der Waals surface area contributed by atoms with Crippen LogP contribution in [0, 0.1) is 0 Å². The first-order valence-corrected chi connectivity index (χ1v) is 6.49. The summed E-state index contributed by atoms with van der Waals surface area (Å²) in [6.07, 6.45) is 1.69. The molecule has 1 heterocycles. The Morgan fingerprint density at radius 1 is 1.30 bits per heavy atom. The minimum atomic E-state index is -0.393. The molecule has 0 fully saturated rings. The molecule has 0 amide bonds. The van der Waals surface area contributed by atoms with Crippen LogP contribution in [0.4, 0.5) is 5.82 Å². The van der Waals surface area contributed by atoms with E-state index in [9.17, 15) is 4.79 Å². The number of carbonyl (C=O) groups excluding carboxylic acids is 1. The summed E-state index contributed by atoms with van der Waals surface area (Å²) >= 11 is 5.84. The lowest BCUT2D eigenvalue weighted by Crippen LogP contribution is -2.11. The normalized spacial score (nSPS) is 10.2. The lowest BCUT2D eigenvalue weighted by Gasteiger charge is -2.12. The van der Waals surface area contributed by atoms with Gasteiger partial charge in [0.2, 0.25) is 0 Å². The first-order valence-electron chi connectivity index (χ1n) is 6.11. The van der Waals surface area contributed by atoms with Crippen LogP contribution in [0.15, 0.2) is 42.6 Å². The van der Waals surface area contributed by atoms with E-state index in [0.29, 0.717) is 10.6 Å². The zero-order valence-corrected chi connectivity index (χ0v) is 12.1. The molecule has 0 N–H and O–H groups in total. The zero-order chi connectivity index (χ0) is 14.5. The zero-order valence-electron chi connectivity index (χ0n) is 11.3. The highest BCUT2D eigenvalue weighted by Gasteiger charge is 2.08. The molecule has 0 radical (unpaired) electrons. The first kappa shape index (κ1) is 14.3. The molecule has 0 saturated heterocycles. The maximum Gasteiger partial charge on any atom is 0.338 e. The molecular weight excluding hydrogens is 276 g/mol. The minimum absolute atomic E-state index is 0.203. The molecule has 0 aliphatic carbocycles. The molecular formula is C15H15ClN2O2. The largest absolute Gasteiger partial charge is 0.457 e. The van der Waals surface area contributed by atoms with Gasteiger partial charge in [0.15, 0.2) is 0 Å². The molecule has 5 heteroatoms. The highest BCUT2D eigenvalue weighted by atomic mass is 35.5. The molecule has 4 nitrogen and oxygen atoms in total. The van der Waals surface area contributed by atoms with Crippen LogP contribution in [-0.2, 0) is 11.3 Å². The van der Waals surface area contributed by atoms with Crippen molar-refractivity contribution >= 4 is 23.4 Å².